The van der Waals surface area contributed by atoms with Crippen LogP contribution < -0.4 is 15.1 Å². The third kappa shape index (κ3) is 4.07. The SMILES string of the molecule is CCN(CC)c1ccc(NC(=O)N(CC)c2ccccc2)c(C)c1. The molecule has 0 fully saturated rings. The first-order valence-corrected chi connectivity index (χ1v) is 8.59. The van der Waals surface area contributed by atoms with Gasteiger partial charge in [0.1, 0.15) is 0 Å². The molecule has 0 aromatic heterocycles. The van der Waals surface area contributed by atoms with Crippen molar-refractivity contribution < 1.29 is 4.79 Å². The second-order valence-corrected chi connectivity index (χ2v) is 5.68. The first kappa shape index (κ1) is 17.9. The Morgan fingerprint density at radius 1 is 0.917 bits per heavy atom. The number of benzene rings is 2. The summed E-state index contributed by atoms with van der Waals surface area (Å²) >= 11 is 0. The molecule has 2 amide bonds. The van der Waals surface area contributed by atoms with Crippen molar-refractivity contribution in [1.29, 1.82) is 0 Å². The highest BCUT2D eigenvalue weighted by molar-refractivity contribution is 6.02. The van der Waals surface area contributed by atoms with E-state index >= 15 is 0 Å². The van der Waals surface area contributed by atoms with E-state index in [4.69, 9.17) is 0 Å². The molecule has 0 aliphatic heterocycles. The Morgan fingerprint density at radius 2 is 1.58 bits per heavy atom. The summed E-state index contributed by atoms with van der Waals surface area (Å²) in [7, 11) is 0. The molecule has 2 aromatic carbocycles. The maximum atomic E-state index is 12.6. The first-order valence-electron chi connectivity index (χ1n) is 8.59. The number of aryl methyl sites for hydroxylation is 1. The number of urea groups is 1. The second kappa shape index (κ2) is 8.39. The van der Waals surface area contributed by atoms with Crippen molar-refractivity contribution in [1.82, 2.24) is 0 Å². The van der Waals surface area contributed by atoms with Crippen molar-refractivity contribution >= 4 is 23.1 Å². The minimum atomic E-state index is -0.109. The molecule has 24 heavy (non-hydrogen) atoms. The summed E-state index contributed by atoms with van der Waals surface area (Å²) in [6, 6.07) is 15.8. The Hall–Kier alpha value is -2.49. The van der Waals surface area contributed by atoms with Gasteiger partial charge in [-0.2, -0.15) is 0 Å². The summed E-state index contributed by atoms with van der Waals surface area (Å²) < 4.78 is 0. The fourth-order valence-corrected chi connectivity index (χ4v) is 2.81. The van der Waals surface area contributed by atoms with E-state index < -0.39 is 0 Å². The van der Waals surface area contributed by atoms with E-state index in [9.17, 15) is 4.79 Å². The predicted molar refractivity (Wildman–Crippen MR) is 103 cm³/mol. The van der Waals surface area contributed by atoms with Crippen LogP contribution in [-0.2, 0) is 0 Å². The minimum Gasteiger partial charge on any atom is -0.372 e. The van der Waals surface area contributed by atoms with Gasteiger partial charge in [0, 0.05) is 36.7 Å². The van der Waals surface area contributed by atoms with Crippen molar-refractivity contribution in [2.24, 2.45) is 0 Å². The Labute approximate surface area is 145 Å². The molecule has 4 heteroatoms. The number of hydrogen-bond acceptors (Lipinski definition) is 2. The summed E-state index contributed by atoms with van der Waals surface area (Å²) in [6.07, 6.45) is 0. The molecule has 0 radical (unpaired) electrons. The van der Waals surface area contributed by atoms with E-state index in [2.05, 4.69) is 36.2 Å². The zero-order chi connectivity index (χ0) is 17.5. The lowest BCUT2D eigenvalue weighted by atomic mass is 10.1. The second-order valence-electron chi connectivity index (χ2n) is 5.68. The summed E-state index contributed by atoms with van der Waals surface area (Å²) in [6.45, 7) is 10.9. The molecule has 0 aliphatic carbocycles. The van der Waals surface area contributed by atoms with Gasteiger partial charge >= 0.3 is 6.03 Å². The van der Waals surface area contributed by atoms with Crippen LogP contribution in [0.25, 0.3) is 0 Å². The number of nitrogens with one attached hydrogen (secondary N) is 1. The van der Waals surface area contributed by atoms with Gasteiger partial charge in [-0.25, -0.2) is 4.79 Å². The molecule has 4 nitrogen and oxygen atoms in total. The quantitative estimate of drug-likeness (QED) is 0.820. The number of carbonyl (C=O) groups excluding carboxylic acids is 1. The van der Waals surface area contributed by atoms with Crippen LogP contribution in [0.1, 0.15) is 26.3 Å². The lowest BCUT2D eigenvalue weighted by molar-refractivity contribution is 0.257. The molecular weight excluding hydrogens is 298 g/mol. The Balaban J connectivity index is 2.16. The van der Waals surface area contributed by atoms with Gasteiger partial charge in [0.15, 0.2) is 0 Å². The molecule has 0 saturated heterocycles. The fourth-order valence-electron chi connectivity index (χ4n) is 2.81. The number of nitrogens with zero attached hydrogens (tertiary/aromatic N) is 2. The van der Waals surface area contributed by atoms with E-state index in [-0.39, 0.29) is 6.03 Å². The van der Waals surface area contributed by atoms with Crippen molar-refractivity contribution in [2.75, 3.05) is 34.8 Å². The fraction of sp³-hybridized carbons (Fsp3) is 0.350. The van der Waals surface area contributed by atoms with Crippen LogP contribution in [0.15, 0.2) is 48.5 Å². The molecule has 0 heterocycles. The largest absolute Gasteiger partial charge is 0.372 e. The molecule has 2 rings (SSSR count). The summed E-state index contributed by atoms with van der Waals surface area (Å²) in [5.74, 6) is 0. The monoisotopic (exact) mass is 325 g/mol. The van der Waals surface area contributed by atoms with Crippen LogP contribution in [0.2, 0.25) is 0 Å². The van der Waals surface area contributed by atoms with E-state index in [1.807, 2.05) is 50.2 Å². The van der Waals surface area contributed by atoms with Gasteiger partial charge in [-0.15, -0.1) is 0 Å². The van der Waals surface area contributed by atoms with E-state index in [1.54, 1.807) is 4.90 Å². The smallest absolute Gasteiger partial charge is 0.326 e. The van der Waals surface area contributed by atoms with E-state index in [0.29, 0.717) is 6.54 Å². The third-order valence-electron chi connectivity index (χ3n) is 4.21. The zero-order valence-corrected chi connectivity index (χ0v) is 15.0. The van der Waals surface area contributed by atoms with Gasteiger partial charge in [0.2, 0.25) is 0 Å². The van der Waals surface area contributed by atoms with Crippen LogP contribution in [0.5, 0.6) is 0 Å². The van der Waals surface area contributed by atoms with Gasteiger partial charge in [-0.1, -0.05) is 18.2 Å². The van der Waals surface area contributed by atoms with Crippen LogP contribution in [-0.4, -0.2) is 25.7 Å². The summed E-state index contributed by atoms with van der Waals surface area (Å²) in [5, 5.41) is 3.03. The summed E-state index contributed by atoms with van der Waals surface area (Å²) in [4.78, 5) is 16.7. The third-order valence-corrected chi connectivity index (χ3v) is 4.21. The highest BCUT2D eigenvalue weighted by Crippen LogP contribution is 2.23. The topological polar surface area (TPSA) is 35.6 Å². The van der Waals surface area contributed by atoms with Crippen molar-refractivity contribution in [3.8, 4) is 0 Å². The standard InChI is InChI=1S/C20H27N3O/c1-5-22(6-2)18-13-14-19(16(4)15-18)21-20(24)23(7-3)17-11-9-8-10-12-17/h8-15H,5-7H2,1-4H3,(H,21,24). The van der Waals surface area contributed by atoms with Crippen molar-refractivity contribution in [2.45, 2.75) is 27.7 Å². The number of carbonyl (C=O) groups is 1. The zero-order valence-electron chi connectivity index (χ0n) is 15.0. The maximum Gasteiger partial charge on any atom is 0.326 e. The van der Waals surface area contributed by atoms with E-state index in [0.717, 1.165) is 30.0 Å². The highest BCUT2D eigenvalue weighted by atomic mass is 16.2. The predicted octanol–water partition coefficient (Wildman–Crippen LogP) is 4.90. The average molecular weight is 325 g/mol. The molecule has 0 aliphatic rings. The lowest BCUT2D eigenvalue weighted by Crippen LogP contribution is -2.35. The highest BCUT2D eigenvalue weighted by Gasteiger charge is 2.15. The summed E-state index contributed by atoms with van der Waals surface area (Å²) in [5.41, 5.74) is 4.00. The first-order chi connectivity index (χ1) is 11.6. The molecule has 0 saturated carbocycles. The molecule has 0 unspecified atom stereocenters. The number of para-hydroxylation sites is 1. The van der Waals surface area contributed by atoms with Crippen molar-refractivity contribution in [3.05, 3.63) is 54.1 Å². The van der Waals surface area contributed by atoms with Gasteiger partial charge in [-0.05, 0) is 63.6 Å². The molecular formula is C20H27N3O. The molecule has 0 atom stereocenters. The Kier molecular flexibility index (Phi) is 6.24. The van der Waals surface area contributed by atoms with Crippen LogP contribution in [0.4, 0.5) is 21.9 Å². The molecule has 128 valence electrons. The van der Waals surface area contributed by atoms with Gasteiger partial charge in [0.05, 0.1) is 0 Å². The lowest BCUT2D eigenvalue weighted by Gasteiger charge is -2.24. The number of amides is 2. The molecule has 1 N–H and O–H groups in total. The maximum absolute atomic E-state index is 12.6. The molecule has 2 aromatic rings. The van der Waals surface area contributed by atoms with Crippen molar-refractivity contribution in [3.63, 3.8) is 0 Å². The molecule has 0 bridgehead atoms. The van der Waals surface area contributed by atoms with Gasteiger partial charge in [0.25, 0.3) is 0 Å². The molecule has 0 spiro atoms. The Morgan fingerprint density at radius 3 is 2.12 bits per heavy atom. The number of rotatable bonds is 6. The van der Waals surface area contributed by atoms with Crippen LogP contribution >= 0.6 is 0 Å². The van der Waals surface area contributed by atoms with Crippen LogP contribution in [0.3, 0.4) is 0 Å². The number of anilines is 3. The minimum absolute atomic E-state index is 0.109. The van der Waals surface area contributed by atoms with Gasteiger partial charge < -0.3 is 10.2 Å². The normalized spacial score (nSPS) is 10.3. The average Bonchev–Trinajstić information content (AvgIpc) is 2.60. The van der Waals surface area contributed by atoms with Crippen LogP contribution in [0, 0.1) is 6.92 Å². The Bertz CT molecular complexity index is 666. The van der Waals surface area contributed by atoms with Gasteiger partial charge in [-0.3, -0.25) is 4.90 Å². The van der Waals surface area contributed by atoms with E-state index in [1.165, 1.54) is 5.69 Å². The number of hydrogen-bond donors (Lipinski definition) is 1.